The predicted octanol–water partition coefficient (Wildman–Crippen LogP) is 3.26. The Kier molecular flexibility index (Phi) is 5.70. The average Bonchev–Trinajstić information content (AvgIpc) is 2.94. The Balaban J connectivity index is 1.79. The molecule has 0 saturated carbocycles. The number of aromatic nitrogens is 5. The van der Waals surface area contributed by atoms with E-state index in [1.54, 1.807) is 11.8 Å². The number of fused-ring (bicyclic) bond motifs is 1. The number of aryl methyl sites for hydroxylation is 1. The molecule has 0 amide bonds. The molecular formula is C17H23N7S. The molecule has 0 bridgehead atoms. The van der Waals surface area contributed by atoms with E-state index >= 15 is 0 Å². The van der Waals surface area contributed by atoms with Gasteiger partial charge in [-0.1, -0.05) is 50.1 Å². The summed E-state index contributed by atoms with van der Waals surface area (Å²) >= 11 is 1.60. The third-order valence-electron chi connectivity index (χ3n) is 3.90. The molecule has 0 fully saturated rings. The summed E-state index contributed by atoms with van der Waals surface area (Å²) in [6.45, 7) is 3.18. The second-order valence-electron chi connectivity index (χ2n) is 5.85. The quantitative estimate of drug-likeness (QED) is 0.470. The third kappa shape index (κ3) is 4.39. The summed E-state index contributed by atoms with van der Waals surface area (Å²) in [5.41, 5.74) is 13.5. The number of hydrogen-bond donors (Lipinski definition) is 2. The number of imidazole rings is 1. The molecular weight excluding hydrogens is 334 g/mol. The van der Waals surface area contributed by atoms with E-state index in [0.717, 1.165) is 29.2 Å². The Morgan fingerprint density at radius 1 is 0.960 bits per heavy atom. The van der Waals surface area contributed by atoms with Crippen LogP contribution >= 0.6 is 11.8 Å². The third-order valence-corrected chi connectivity index (χ3v) is 4.87. The van der Waals surface area contributed by atoms with E-state index in [1.165, 1.54) is 19.3 Å². The summed E-state index contributed by atoms with van der Waals surface area (Å²) < 4.78 is 2.28. The fraction of sp³-hybridized carbons (Fsp3) is 0.412. The second kappa shape index (κ2) is 8.15. The van der Waals surface area contributed by atoms with E-state index in [1.807, 2.05) is 18.2 Å². The molecule has 132 valence electrons. The number of anilines is 2. The maximum atomic E-state index is 5.64. The van der Waals surface area contributed by atoms with Gasteiger partial charge in [-0.05, 0) is 18.6 Å². The maximum Gasteiger partial charge on any atom is 0.225 e. The second-order valence-corrected chi connectivity index (χ2v) is 6.79. The van der Waals surface area contributed by atoms with Crippen LogP contribution in [-0.4, -0.2) is 24.5 Å². The van der Waals surface area contributed by atoms with Crippen LogP contribution in [0.2, 0.25) is 0 Å². The first-order chi connectivity index (χ1) is 12.2. The van der Waals surface area contributed by atoms with Gasteiger partial charge in [0.05, 0.1) is 16.8 Å². The minimum absolute atomic E-state index is 0.149. The fourth-order valence-corrected chi connectivity index (χ4v) is 3.62. The van der Waals surface area contributed by atoms with E-state index in [-0.39, 0.29) is 11.9 Å². The topological polar surface area (TPSA) is 109 Å². The zero-order valence-electron chi connectivity index (χ0n) is 14.4. The molecule has 0 saturated heterocycles. The number of benzene rings is 1. The highest BCUT2D eigenvalue weighted by Gasteiger charge is 2.12. The zero-order chi connectivity index (χ0) is 17.6. The van der Waals surface area contributed by atoms with Gasteiger partial charge in [-0.2, -0.15) is 15.0 Å². The summed E-state index contributed by atoms with van der Waals surface area (Å²) in [5, 5.41) is 0.968. The number of unbranched alkanes of at least 4 members (excludes halogenated alkanes) is 3. The highest BCUT2D eigenvalue weighted by atomic mass is 32.2. The van der Waals surface area contributed by atoms with Crippen LogP contribution in [0.15, 0.2) is 29.4 Å². The van der Waals surface area contributed by atoms with Crippen LogP contribution in [0.5, 0.6) is 0 Å². The van der Waals surface area contributed by atoms with E-state index in [9.17, 15) is 0 Å². The first-order valence-electron chi connectivity index (χ1n) is 8.51. The van der Waals surface area contributed by atoms with Gasteiger partial charge in [0.1, 0.15) is 5.82 Å². The number of thioether (sulfide) groups is 1. The zero-order valence-corrected chi connectivity index (χ0v) is 15.2. The molecule has 1 aromatic carbocycles. The molecule has 25 heavy (non-hydrogen) atoms. The van der Waals surface area contributed by atoms with Crippen LogP contribution < -0.4 is 11.5 Å². The van der Waals surface area contributed by atoms with Crippen molar-refractivity contribution in [3.8, 4) is 0 Å². The van der Waals surface area contributed by atoms with Gasteiger partial charge in [-0.3, -0.25) is 0 Å². The lowest BCUT2D eigenvalue weighted by molar-refractivity contribution is 0.563. The van der Waals surface area contributed by atoms with Crippen LogP contribution in [0.1, 0.15) is 38.4 Å². The van der Waals surface area contributed by atoms with Gasteiger partial charge in [-0.25, -0.2) is 4.98 Å². The first-order valence-corrected chi connectivity index (χ1v) is 9.50. The van der Waals surface area contributed by atoms with Crippen molar-refractivity contribution in [2.24, 2.45) is 0 Å². The molecule has 3 rings (SSSR count). The average molecular weight is 357 g/mol. The molecule has 2 aromatic heterocycles. The number of nitrogen functional groups attached to an aromatic ring is 2. The summed E-state index contributed by atoms with van der Waals surface area (Å²) in [6, 6.07) is 8.22. The van der Waals surface area contributed by atoms with Gasteiger partial charge in [0, 0.05) is 6.54 Å². The molecule has 0 atom stereocenters. The molecule has 0 spiro atoms. The molecule has 0 aliphatic rings. The number of nitrogens with two attached hydrogens (primary N) is 2. The first kappa shape index (κ1) is 17.5. The Morgan fingerprint density at radius 2 is 1.72 bits per heavy atom. The Labute approximate surface area is 151 Å². The van der Waals surface area contributed by atoms with Crippen LogP contribution in [0, 0.1) is 0 Å². The van der Waals surface area contributed by atoms with Crippen molar-refractivity contribution in [1.29, 1.82) is 0 Å². The minimum Gasteiger partial charge on any atom is -0.368 e. The summed E-state index contributed by atoms with van der Waals surface area (Å²) in [4.78, 5) is 16.8. The van der Waals surface area contributed by atoms with Gasteiger partial charge in [0.15, 0.2) is 5.16 Å². The lowest BCUT2D eigenvalue weighted by atomic mass is 10.2. The number of hydrogen-bond acceptors (Lipinski definition) is 7. The van der Waals surface area contributed by atoms with E-state index in [0.29, 0.717) is 11.6 Å². The molecule has 0 aliphatic heterocycles. The van der Waals surface area contributed by atoms with Crippen LogP contribution in [-0.2, 0) is 12.3 Å². The monoisotopic (exact) mass is 357 g/mol. The van der Waals surface area contributed by atoms with Crippen LogP contribution in [0.4, 0.5) is 11.9 Å². The Morgan fingerprint density at radius 3 is 2.48 bits per heavy atom. The van der Waals surface area contributed by atoms with Gasteiger partial charge in [0.25, 0.3) is 0 Å². The van der Waals surface area contributed by atoms with Crippen molar-refractivity contribution in [2.75, 3.05) is 11.5 Å². The number of para-hydroxylation sites is 2. The van der Waals surface area contributed by atoms with Gasteiger partial charge in [-0.15, -0.1) is 0 Å². The van der Waals surface area contributed by atoms with E-state index < -0.39 is 0 Å². The standard InChI is InChI=1S/C17H23N7S/c1-2-3-4-7-10-24-13-9-6-5-8-12(13)20-17(24)25-11-14-21-15(18)23-16(19)22-14/h5-6,8-9H,2-4,7,10-11H2,1H3,(H4,18,19,21,22,23). The normalized spacial score (nSPS) is 11.2. The summed E-state index contributed by atoms with van der Waals surface area (Å²) in [7, 11) is 0. The number of rotatable bonds is 8. The molecule has 7 nitrogen and oxygen atoms in total. The summed E-state index contributed by atoms with van der Waals surface area (Å²) in [5.74, 6) is 1.42. The van der Waals surface area contributed by atoms with Crippen molar-refractivity contribution in [2.45, 2.75) is 50.1 Å². The maximum absolute atomic E-state index is 5.64. The Hall–Kier alpha value is -2.35. The van der Waals surface area contributed by atoms with Gasteiger partial charge in [0.2, 0.25) is 11.9 Å². The highest BCUT2D eigenvalue weighted by Crippen LogP contribution is 2.26. The van der Waals surface area contributed by atoms with Crippen LogP contribution in [0.3, 0.4) is 0 Å². The van der Waals surface area contributed by atoms with Crippen molar-refractivity contribution in [3.63, 3.8) is 0 Å². The summed E-state index contributed by atoms with van der Waals surface area (Å²) in [6.07, 6.45) is 4.87. The molecule has 0 radical (unpaired) electrons. The van der Waals surface area contributed by atoms with E-state index in [4.69, 9.17) is 16.5 Å². The SMILES string of the molecule is CCCCCCn1c(SCc2nc(N)nc(N)n2)nc2ccccc21. The van der Waals surface area contributed by atoms with Gasteiger partial charge < -0.3 is 16.0 Å². The number of nitrogens with zero attached hydrogens (tertiary/aromatic N) is 5. The van der Waals surface area contributed by atoms with Crippen molar-refractivity contribution in [3.05, 3.63) is 30.1 Å². The van der Waals surface area contributed by atoms with Crippen molar-refractivity contribution < 1.29 is 0 Å². The van der Waals surface area contributed by atoms with Crippen molar-refractivity contribution >= 4 is 34.7 Å². The largest absolute Gasteiger partial charge is 0.368 e. The van der Waals surface area contributed by atoms with Gasteiger partial charge >= 0.3 is 0 Å². The lowest BCUT2D eigenvalue weighted by Gasteiger charge is -2.08. The Bertz CT molecular complexity index is 826. The molecule has 2 heterocycles. The minimum atomic E-state index is 0.149. The molecule has 0 unspecified atom stereocenters. The van der Waals surface area contributed by atoms with Crippen molar-refractivity contribution in [1.82, 2.24) is 24.5 Å². The highest BCUT2D eigenvalue weighted by molar-refractivity contribution is 7.98. The molecule has 4 N–H and O–H groups in total. The fourth-order valence-electron chi connectivity index (χ4n) is 2.73. The molecule has 3 aromatic rings. The van der Waals surface area contributed by atoms with E-state index in [2.05, 4.69) is 32.5 Å². The molecule has 0 aliphatic carbocycles. The molecule has 8 heteroatoms. The smallest absolute Gasteiger partial charge is 0.225 e. The van der Waals surface area contributed by atoms with Crippen LogP contribution in [0.25, 0.3) is 11.0 Å². The lowest BCUT2D eigenvalue weighted by Crippen LogP contribution is -2.06. The predicted molar refractivity (Wildman–Crippen MR) is 102 cm³/mol.